The molecule has 1 aliphatic heterocycles. The molecule has 0 aromatic heterocycles. The summed E-state index contributed by atoms with van der Waals surface area (Å²) in [6, 6.07) is 0. The van der Waals surface area contributed by atoms with Gasteiger partial charge >= 0.3 is 0 Å². The molecule has 2 nitrogen and oxygen atoms in total. The highest BCUT2D eigenvalue weighted by molar-refractivity contribution is 7.85. The average Bonchev–Trinajstić information content (AvgIpc) is 2.37. The van der Waals surface area contributed by atoms with E-state index in [2.05, 4.69) is 6.58 Å². The molecular weight excluding hydrogens is 160 g/mol. The van der Waals surface area contributed by atoms with Crippen LogP contribution in [-0.4, -0.2) is 22.3 Å². The van der Waals surface area contributed by atoms with Gasteiger partial charge in [-0.3, -0.25) is 4.21 Å². The largest absolute Gasteiger partial charge is 0.502 e. The smallest absolute Gasteiger partial charge is 0.0875 e. The molecule has 0 amide bonds. The normalized spacial score (nSPS) is 30.2. The van der Waals surface area contributed by atoms with Gasteiger partial charge in [-0.1, -0.05) is 6.58 Å². The van der Waals surface area contributed by atoms with E-state index in [0.717, 1.165) is 31.0 Å². The van der Waals surface area contributed by atoms with E-state index < -0.39 is 10.8 Å². The van der Waals surface area contributed by atoms with Crippen LogP contribution in [0.3, 0.4) is 0 Å². The Morgan fingerprint density at radius 3 is 3.09 bits per heavy atom. The standard InChI is InChI=1S/C8H14O2S/c1-2-10-5-3-8-4-6-11(9)7-8/h2,8H,1,3-7H2. The maximum Gasteiger partial charge on any atom is 0.0875 e. The minimum Gasteiger partial charge on any atom is -0.502 e. The minimum atomic E-state index is -0.540. The van der Waals surface area contributed by atoms with E-state index in [9.17, 15) is 4.21 Å². The second kappa shape index (κ2) is 4.54. The van der Waals surface area contributed by atoms with Crippen LogP contribution in [0.1, 0.15) is 12.8 Å². The van der Waals surface area contributed by atoms with Crippen LogP contribution in [0.5, 0.6) is 0 Å². The summed E-state index contributed by atoms with van der Waals surface area (Å²) in [6.07, 6.45) is 3.59. The van der Waals surface area contributed by atoms with Crippen molar-refractivity contribution in [2.75, 3.05) is 18.1 Å². The van der Waals surface area contributed by atoms with Crippen LogP contribution in [0, 0.1) is 5.92 Å². The summed E-state index contributed by atoms with van der Waals surface area (Å²) in [7, 11) is -0.540. The predicted molar refractivity (Wildman–Crippen MR) is 46.7 cm³/mol. The lowest BCUT2D eigenvalue weighted by atomic mass is 10.1. The summed E-state index contributed by atoms with van der Waals surface area (Å²) < 4.78 is 15.9. The zero-order valence-electron chi connectivity index (χ0n) is 6.62. The van der Waals surface area contributed by atoms with Crippen LogP contribution in [0.15, 0.2) is 12.8 Å². The lowest BCUT2D eigenvalue weighted by molar-refractivity contribution is 0.228. The topological polar surface area (TPSA) is 26.3 Å². The molecule has 1 rings (SSSR count). The molecule has 0 aliphatic carbocycles. The number of hydrogen-bond acceptors (Lipinski definition) is 2. The number of hydrogen-bond donors (Lipinski definition) is 0. The van der Waals surface area contributed by atoms with Crippen LogP contribution in [-0.2, 0) is 15.5 Å². The van der Waals surface area contributed by atoms with Gasteiger partial charge in [0.05, 0.1) is 12.9 Å². The van der Waals surface area contributed by atoms with Crippen molar-refractivity contribution in [2.45, 2.75) is 12.8 Å². The van der Waals surface area contributed by atoms with Gasteiger partial charge in [-0.25, -0.2) is 0 Å². The minimum absolute atomic E-state index is 0.540. The molecule has 2 unspecified atom stereocenters. The fraction of sp³-hybridized carbons (Fsp3) is 0.750. The van der Waals surface area contributed by atoms with E-state index in [4.69, 9.17) is 4.74 Å². The monoisotopic (exact) mass is 174 g/mol. The van der Waals surface area contributed by atoms with Crippen molar-refractivity contribution in [3.05, 3.63) is 12.8 Å². The van der Waals surface area contributed by atoms with Gasteiger partial charge in [-0.2, -0.15) is 0 Å². The first-order chi connectivity index (χ1) is 5.33. The van der Waals surface area contributed by atoms with Gasteiger partial charge in [0, 0.05) is 22.3 Å². The average molecular weight is 174 g/mol. The Bertz CT molecular complexity index is 156. The molecule has 1 heterocycles. The van der Waals surface area contributed by atoms with Crippen molar-refractivity contribution in [1.29, 1.82) is 0 Å². The van der Waals surface area contributed by atoms with Gasteiger partial charge in [-0.05, 0) is 18.8 Å². The first kappa shape index (κ1) is 8.78. The van der Waals surface area contributed by atoms with E-state index in [1.165, 1.54) is 6.26 Å². The maximum atomic E-state index is 10.9. The highest BCUT2D eigenvalue weighted by Crippen LogP contribution is 2.18. The third kappa shape index (κ3) is 3.06. The summed E-state index contributed by atoms with van der Waals surface area (Å²) >= 11 is 0. The molecule has 0 aromatic carbocycles. The summed E-state index contributed by atoms with van der Waals surface area (Å²) in [5.74, 6) is 2.38. The first-order valence-electron chi connectivity index (χ1n) is 3.90. The molecule has 1 saturated heterocycles. The predicted octanol–water partition coefficient (Wildman–Crippen LogP) is 1.31. The van der Waals surface area contributed by atoms with Crippen LogP contribution < -0.4 is 0 Å². The molecule has 64 valence electrons. The van der Waals surface area contributed by atoms with Crippen LogP contribution >= 0.6 is 0 Å². The van der Waals surface area contributed by atoms with E-state index in [1.807, 2.05) is 0 Å². The fourth-order valence-corrected chi connectivity index (χ4v) is 2.90. The molecule has 0 bridgehead atoms. The van der Waals surface area contributed by atoms with Gasteiger partial charge in [0.25, 0.3) is 0 Å². The third-order valence-electron chi connectivity index (χ3n) is 1.94. The van der Waals surface area contributed by atoms with Gasteiger partial charge in [-0.15, -0.1) is 0 Å². The van der Waals surface area contributed by atoms with Crippen molar-refractivity contribution in [3.8, 4) is 0 Å². The molecule has 2 atom stereocenters. The molecule has 0 spiro atoms. The Balaban J connectivity index is 2.08. The van der Waals surface area contributed by atoms with Crippen molar-refractivity contribution in [2.24, 2.45) is 5.92 Å². The Hall–Kier alpha value is -0.310. The molecule has 1 fully saturated rings. The van der Waals surface area contributed by atoms with Crippen molar-refractivity contribution in [1.82, 2.24) is 0 Å². The first-order valence-corrected chi connectivity index (χ1v) is 5.39. The Kier molecular flexibility index (Phi) is 3.63. The SMILES string of the molecule is C=COCCC1CCS(=O)C1. The quantitative estimate of drug-likeness (QED) is 0.474. The lowest BCUT2D eigenvalue weighted by Crippen LogP contribution is -2.03. The van der Waals surface area contributed by atoms with Gasteiger partial charge < -0.3 is 4.74 Å². The molecule has 0 radical (unpaired) electrons. The second-order valence-corrected chi connectivity index (χ2v) is 4.41. The molecule has 11 heavy (non-hydrogen) atoms. The van der Waals surface area contributed by atoms with Crippen molar-refractivity contribution >= 4 is 10.8 Å². The van der Waals surface area contributed by atoms with E-state index >= 15 is 0 Å². The van der Waals surface area contributed by atoms with Crippen LogP contribution in [0.2, 0.25) is 0 Å². The Labute approximate surface area is 70.1 Å². The third-order valence-corrected chi connectivity index (χ3v) is 3.47. The highest BCUT2D eigenvalue weighted by atomic mass is 32.2. The molecule has 0 aromatic rings. The number of rotatable bonds is 4. The van der Waals surface area contributed by atoms with E-state index in [0.29, 0.717) is 5.92 Å². The molecule has 0 saturated carbocycles. The summed E-state index contributed by atoms with van der Waals surface area (Å²) in [5, 5.41) is 0. The fourth-order valence-electron chi connectivity index (χ4n) is 1.27. The lowest BCUT2D eigenvalue weighted by Gasteiger charge is -2.05. The Morgan fingerprint density at radius 2 is 2.55 bits per heavy atom. The highest BCUT2D eigenvalue weighted by Gasteiger charge is 2.20. The zero-order valence-corrected chi connectivity index (χ0v) is 7.44. The van der Waals surface area contributed by atoms with Crippen molar-refractivity contribution < 1.29 is 8.95 Å². The van der Waals surface area contributed by atoms with Gasteiger partial charge in [0.2, 0.25) is 0 Å². The molecule has 1 aliphatic rings. The summed E-state index contributed by atoms with van der Waals surface area (Å²) in [6.45, 7) is 4.19. The number of ether oxygens (including phenoxy) is 1. The molecule has 3 heteroatoms. The van der Waals surface area contributed by atoms with Gasteiger partial charge in [0.1, 0.15) is 0 Å². The summed E-state index contributed by atoms with van der Waals surface area (Å²) in [5.41, 5.74) is 0. The summed E-state index contributed by atoms with van der Waals surface area (Å²) in [4.78, 5) is 0. The van der Waals surface area contributed by atoms with Gasteiger partial charge in [0.15, 0.2) is 0 Å². The zero-order chi connectivity index (χ0) is 8.10. The Morgan fingerprint density at radius 1 is 1.73 bits per heavy atom. The molecular formula is C8H14O2S. The van der Waals surface area contributed by atoms with E-state index in [1.54, 1.807) is 0 Å². The maximum absolute atomic E-state index is 10.9. The van der Waals surface area contributed by atoms with Crippen molar-refractivity contribution in [3.63, 3.8) is 0 Å². The van der Waals surface area contributed by atoms with Crippen LogP contribution in [0.25, 0.3) is 0 Å². The molecule has 0 N–H and O–H groups in total. The van der Waals surface area contributed by atoms with E-state index in [-0.39, 0.29) is 0 Å². The second-order valence-electron chi connectivity index (χ2n) is 2.79. The van der Waals surface area contributed by atoms with Crippen LogP contribution in [0.4, 0.5) is 0 Å².